The fourth-order valence-corrected chi connectivity index (χ4v) is 1.82. The lowest BCUT2D eigenvalue weighted by atomic mass is 10.2. The molecule has 0 spiro atoms. The normalized spacial score (nSPS) is 12.6. The van der Waals surface area contributed by atoms with Crippen molar-refractivity contribution in [1.82, 2.24) is 0 Å². The van der Waals surface area contributed by atoms with Crippen LogP contribution in [0.25, 0.3) is 6.08 Å². The Labute approximate surface area is 116 Å². The van der Waals surface area contributed by atoms with Crippen LogP contribution in [-0.2, 0) is 4.79 Å². The lowest BCUT2D eigenvalue weighted by molar-refractivity contribution is -0.128. The Kier molecular flexibility index (Phi) is 3.37. The molecule has 0 saturated heterocycles. The summed E-state index contributed by atoms with van der Waals surface area (Å²) in [5.41, 5.74) is 0.847. The fraction of sp³-hybridized carbons (Fsp3) is 0.0625. The van der Waals surface area contributed by atoms with Gasteiger partial charge in [0.05, 0.1) is 0 Å². The predicted molar refractivity (Wildman–Crippen MR) is 73.7 cm³/mol. The number of carbonyl (C=O) groups excluding carboxylic acids is 1. The Hall–Kier alpha value is -2.75. The third-order valence-corrected chi connectivity index (χ3v) is 2.77. The quantitative estimate of drug-likeness (QED) is 0.487. The zero-order chi connectivity index (χ0) is 13.8. The molecule has 100 valence electrons. The molecule has 1 heterocycles. The summed E-state index contributed by atoms with van der Waals surface area (Å²) in [6.45, 7) is 0.235. The van der Waals surface area contributed by atoms with Gasteiger partial charge >= 0.3 is 5.97 Å². The van der Waals surface area contributed by atoms with Crippen molar-refractivity contribution in [3.8, 4) is 17.2 Å². The minimum Gasteiger partial charge on any atom is -0.454 e. The van der Waals surface area contributed by atoms with Crippen molar-refractivity contribution in [1.29, 1.82) is 0 Å². The molecule has 0 bridgehead atoms. The molecular weight excluding hydrogens is 256 g/mol. The minimum absolute atomic E-state index is 0.235. The van der Waals surface area contributed by atoms with Crippen LogP contribution in [0.15, 0.2) is 54.6 Å². The minimum atomic E-state index is -0.422. The molecule has 2 aromatic carbocycles. The van der Waals surface area contributed by atoms with E-state index in [-0.39, 0.29) is 6.79 Å². The lowest BCUT2D eigenvalue weighted by Gasteiger charge is -2.00. The fourth-order valence-electron chi connectivity index (χ4n) is 1.82. The molecule has 0 atom stereocenters. The molecule has 20 heavy (non-hydrogen) atoms. The first-order chi connectivity index (χ1) is 9.81. The molecule has 4 heteroatoms. The van der Waals surface area contributed by atoms with Crippen molar-refractivity contribution in [2.75, 3.05) is 6.79 Å². The maximum atomic E-state index is 11.7. The number of benzene rings is 2. The van der Waals surface area contributed by atoms with Crippen LogP contribution in [-0.4, -0.2) is 12.8 Å². The standard InChI is InChI=1S/C16H12O4/c17-16(20-13-4-2-1-3-5-13)9-7-12-6-8-14-15(10-12)19-11-18-14/h1-10H,11H2/b9-7+. The first kappa shape index (κ1) is 12.3. The number of para-hydroxylation sites is 1. The van der Waals surface area contributed by atoms with Gasteiger partial charge in [0, 0.05) is 6.08 Å². The number of fused-ring (bicyclic) bond motifs is 1. The van der Waals surface area contributed by atoms with Gasteiger partial charge in [-0.3, -0.25) is 0 Å². The highest BCUT2D eigenvalue weighted by Crippen LogP contribution is 2.32. The van der Waals surface area contributed by atoms with E-state index in [0.29, 0.717) is 17.2 Å². The van der Waals surface area contributed by atoms with Gasteiger partial charge in [-0.15, -0.1) is 0 Å². The van der Waals surface area contributed by atoms with E-state index in [2.05, 4.69) is 0 Å². The van der Waals surface area contributed by atoms with Gasteiger partial charge in [0.2, 0.25) is 6.79 Å². The lowest BCUT2D eigenvalue weighted by Crippen LogP contribution is -2.03. The van der Waals surface area contributed by atoms with E-state index in [1.807, 2.05) is 36.4 Å². The second-order valence-electron chi connectivity index (χ2n) is 4.18. The molecule has 0 radical (unpaired) electrons. The smallest absolute Gasteiger partial charge is 0.336 e. The Morgan fingerprint density at radius 3 is 2.70 bits per heavy atom. The molecule has 0 amide bonds. The summed E-state index contributed by atoms with van der Waals surface area (Å²) >= 11 is 0. The van der Waals surface area contributed by atoms with Gasteiger partial charge in [-0.05, 0) is 35.9 Å². The molecule has 0 aliphatic carbocycles. The number of esters is 1. The Morgan fingerprint density at radius 2 is 1.85 bits per heavy atom. The summed E-state index contributed by atoms with van der Waals surface area (Å²) in [4.78, 5) is 11.7. The van der Waals surface area contributed by atoms with Crippen LogP contribution in [0, 0.1) is 0 Å². The zero-order valence-corrected chi connectivity index (χ0v) is 10.6. The molecule has 0 saturated carbocycles. The van der Waals surface area contributed by atoms with Crippen molar-refractivity contribution in [2.24, 2.45) is 0 Å². The van der Waals surface area contributed by atoms with Crippen molar-refractivity contribution >= 4 is 12.0 Å². The molecular formula is C16H12O4. The summed E-state index contributed by atoms with van der Waals surface area (Å²) in [5.74, 6) is 1.50. The van der Waals surface area contributed by atoms with Gasteiger partial charge in [0.25, 0.3) is 0 Å². The zero-order valence-electron chi connectivity index (χ0n) is 10.6. The predicted octanol–water partition coefficient (Wildman–Crippen LogP) is 3.03. The average molecular weight is 268 g/mol. The largest absolute Gasteiger partial charge is 0.454 e. The van der Waals surface area contributed by atoms with E-state index >= 15 is 0 Å². The molecule has 2 aromatic rings. The first-order valence-electron chi connectivity index (χ1n) is 6.16. The van der Waals surface area contributed by atoms with Crippen molar-refractivity contribution < 1.29 is 19.0 Å². The molecule has 0 unspecified atom stereocenters. The van der Waals surface area contributed by atoms with Gasteiger partial charge in [-0.25, -0.2) is 4.79 Å². The van der Waals surface area contributed by atoms with Crippen LogP contribution in [0.2, 0.25) is 0 Å². The molecule has 4 nitrogen and oxygen atoms in total. The molecule has 0 fully saturated rings. The summed E-state index contributed by atoms with van der Waals surface area (Å²) in [6.07, 6.45) is 3.05. The maximum Gasteiger partial charge on any atom is 0.336 e. The Morgan fingerprint density at radius 1 is 1.05 bits per heavy atom. The van der Waals surface area contributed by atoms with Crippen LogP contribution in [0.4, 0.5) is 0 Å². The number of hydrogen-bond acceptors (Lipinski definition) is 4. The van der Waals surface area contributed by atoms with Crippen LogP contribution in [0.1, 0.15) is 5.56 Å². The van der Waals surface area contributed by atoms with Crippen LogP contribution < -0.4 is 14.2 Å². The highest BCUT2D eigenvalue weighted by atomic mass is 16.7. The van der Waals surface area contributed by atoms with Gasteiger partial charge < -0.3 is 14.2 Å². The average Bonchev–Trinajstić information content (AvgIpc) is 2.93. The van der Waals surface area contributed by atoms with E-state index in [1.165, 1.54) is 6.08 Å². The van der Waals surface area contributed by atoms with Crippen molar-refractivity contribution in [2.45, 2.75) is 0 Å². The van der Waals surface area contributed by atoms with Gasteiger partial charge in [0.1, 0.15) is 5.75 Å². The number of carbonyl (C=O) groups is 1. The summed E-state index contributed by atoms with van der Waals surface area (Å²) in [6, 6.07) is 14.4. The molecule has 1 aliphatic heterocycles. The van der Waals surface area contributed by atoms with Crippen LogP contribution in [0.5, 0.6) is 17.2 Å². The SMILES string of the molecule is O=C(/C=C/c1ccc2c(c1)OCO2)Oc1ccccc1. The third-order valence-electron chi connectivity index (χ3n) is 2.77. The van der Waals surface area contributed by atoms with Gasteiger partial charge in [-0.1, -0.05) is 24.3 Å². The molecule has 0 aromatic heterocycles. The second-order valence-corrected chi connectivity index (χ2v) is 4.18. The van der Waals surface area contributed by atoms with Crippen molar-refractivity contribution in [3.05, 3.63) is 60.2 Å². The monoisotopic (exact) mass is 268 g/mol. The van der Waals surface area contributed by atoms with Crippen LogP contribution >= 0.6 is 0 Å². The second kappa shape index (κ2) is 5.48. The van der Waals surface area contributed by atoms with Gasteiger partial charge in [-0.2, -0.15) is 0 Å². The van der Waals surface area contributed by atoms with E-state index < -0.39 is 5.97 Å². The van der Waals surface area contributed by atoms with Gasteiger partial charge in [0.15, 0.2) is 11.5 Å². The number of hydrogen-bond donors (Lipinski definition) is 0. The molecule has 3 rings (SSSR count). The molecule has 1 aliphatic rings. The van der Waals surface area contributed by atoms with E-state index in [1.54, 1.807) is 18.2 Å². The first-order valence-corrected chi connectivity index (χ1v) is 6.16. The van der Waals surface area contributed by atoms with E-state index in [4.69, 9.17) is 14.2 Å². The Bertz CT molecular complexity index is 647. The highest BCUT2D eigenvalue weighted by molar-refractivity contribution is 5.88. The third kappa shape index (κ3) is 2.80. The summed E-state index contributed by atoms with van der Waals surface area (Å²) < 4.78 is 15.6. The summed E-state index contributed by atoms with van der Waals surface area (Å²) in [5, 5.41) is 0. The Balaban J connectivity index is 1.66. The maximum absolute atomic E-state index is 11.7. The van der Waals surface area contributed by atoms with Crippen molar-refractivity contribution in [3.63, 3.8) is 0 Å². The van der Waals surface area contributed by atoms with E-state index in [9.17, 15) is 4.79 Å². The van der Waals surface area contributed by atoms with E-state index in [0.717, 1.165) is 5.56 Å². The molecule has 0 N–H and O–H groups in total. The highest BCUT2D eigenvalue weighted by Gasteiger charge is 2.12. The number of ether oxygens (including phenoxy) is 3. The van der Waals surface area contributed by atoms with Crippen LogP contribution in [0.3, 0.4) is 0 Å². The topological polar surface area (TPSA) is 44.8 Å². The summed E-state index contributed by atoms with van der Waals surface area (Å²) in [7, 11) is 0. The number of rotatable bonds is 3.